The van der Waals surface area contributed by atoms with Gasteiger partial charge in [-0.05, 0) is 25.3 Å². The van der Waals surface area contributed by atoms with Gasteiger partial charge >= 0.3 is 5.97 Å². The third kappa shape index (κ3) is 3.20. The largest absolute Gasteiger partial charge is 0.480 e. The van der Waals surface area contributed by atoms with E-state index >= 15 is 0 Å². The smallest absolute Gasteiger partial charge is 0.323 e. The van der Waals surface area contributed by atoms with Gasteiger partial charge in [0.1, 0.15) is 5.54 Å². The molecule has 108 valence electrons. The van der Waals surface area contributed by atoms with Gasteiger partial charge in [-0.15, -0.1) is 0 Å². The lowest BCUT2D eigenvalue weighted by molar-refractivity contribution is -0.148. The summed E-state index contributed by atoms with van der Waals surface area (Å²) in [4.78, 5) is 26.8. The summed E-state index contributed by atoms with van der Waals surface area (Å²) in [5.74, 6) is -1.14. The minimum absolute atomic E-state index is 0.118. The number of hydrogen-bond acceptors (Lipinski definition) is 4. The highest BCUT2D eigenvalue weighted by Gasteiger charge is 2.44. The SMILES string of the molecule is O=C(CNC1(C(=O)O)CCC1)Nc1ncc(Cl)cc1Cl. The summed E-state index contributed by atoms with van der Waals surface area (Å²) in [7, 11) is 0. The topological polar surface area (TPSA) is 91.3 Å². The first-order chi connectivity index (χ1) is 9.43. The second kappa shape index (κ2) is 5.95. The minimum Gasteiger partial charge on any atom is -0.480 e. The zero-order valence-corrected chi connectivity index (χ0v) is 12.0. The molecule has 1 saturated carbocycles. The average molecular weight is 318 g/mol. The van der Waals surface area contributed by atoms with Gasteiger partial charge in [-0.1, -0.05) is 23.2 Å². The summed E-state index contributed by atoms with van der Waals surface area (Å²) in [6.45, 7) is -0.118. The van der Waals surface area contributed by atoms with Gasteiger partial charge < -0.3 is 10.4 Å². The lowest BCUT2D eigenvalue weighted by Crippen LogP contribution is -2.58. The normalized spacial score (nSPS) is 16.3. The molecule has 0 atom stereocenters. The molecule has 1 aliphatic rings. The number of amides is 1. The Morgan fingerprint density at radius 1 is 1.40 bits per heavy atom. The van der Waals surface area contributed by atoms with E-state index in [0.717, 1.165) is 6.42 Å². The summed E-state index contributed by atoms with van der Waals surface area (Å²) < 4.78 is 0. The molecule has 1 aromatic rings. The number of carboxylic acids is 1. The number of halogens is 2. The number of nitrogens with one attached hydrogen (secondary N) is 2. The summed E-state index contributed by atoms with van der Waals surface area (Å²) in [6.07, 6.45) is 3.25. The predicted octanol–water partition coefficient (Wildman–Crippen LogP) is 1.92. The van der Waals surface area contributed by atoms with E-state index in [9.17, 15) is 9.59 Å². The van der Waals surface area contributed by atoms with Crippen molar-refractivity contribution >= 4 is 40.9 Å². The molecule has 6 nitrogen and oxygen atoms in total. The van der Waals surface area contributed by atoms with Crippen molar-refractivity contribution in [2.24, 2.45) is 0 Å². The Morgan fingerprint density at radius 2 is 2.10 bits per heavy atom. The molecule has 1 amide bonds. The third-order valence-electron chi connectivity index (χ3n) is 3.27. The van der Waals surface area contributed by atoms with E-state index in [4.69, 9.17) is 28.3 Å². The molecule has 20 heavy (non-hydrogen) atoms. The Bertz CT molecular complexity index is 547. The van der Waals surface area contributed by atoms with E-state index < -0.39 is 17.4 Å². The molecule has 1 aliphatic carbocycles. The number of hydrogen-bond donors (Lipinski definition) is 3. The monoisotopic (exact) mass is 317 g/mol. The van der Waals surface area contributed by atoms with Crippen molar-refractivity contribution in [3.05, 3.63) is 22.3 Å². The van der Waals surface area contributed by atoms with E-state index in [1.54, 1.807) is 0 Å². The van der Waals surface area contributed by atoms with Crippen LogP contribution in [0.5, 0.6) is 0 Å². The molecule has 0 bridgehead atoms. The molecule has 0 aromatic carbocycles. The zero-order chi connectivity index (χ0) is 14.8. The number of carboxylic acid groups (broad SMARTS) is 1. The number of aliphatic carboxylic acids is 1. The van der Waals surface area contributed by atoms with Crippen LogP contribution in [0.3, 0.4) is 0 Å². The van der Waals surface area contributed by atoms with Crippen molar-refractivity contribution in [1.82, 2.24) is 10.3 Å². The highest BCUT2D eigenvalue weighted by molar-refractivity contribution is 6.36. The van der Waals surface area contributed by atoms with Gasteiger partial charge in [0.2, 0.25) is 5.91 Å². The number of aromatic nitrogens is 1. The lowest BCUT2D eigenvalue weighted by Gasteiger charge is -2.38. The quantitative estimate of drug-likeness (QED) is 0.771. The number of pyridine rings is 1. The van der Waals surface area contributed by atoms with Crippen LogP contribution in [0.15, 0.2) is 12.3 Å². The van der Waals surface area contributed by atoms with Crippen LogP contribution in [0.2, 0.25) is 10.0 Å². The van der Waals surface area contributed by atoms with E-state index in [0.29, 0.717) is 17.9 Å². The molecule has 0 spiro atoms. The van der Waals surface area contributed by atoms with Crippen molar-refractivity contribution in [2.45, 2.75) is 24.8 Å². The van der Waals surface area contributed by atoms with Gasteiger partial charge in [0, 0.05) is 6.20 Å². The summed E-state index contributed by atoms with van der Waals surface area (Å²) in [5, 5.41) is 15.0. The van der Waals surface area contributed by atoms with Crippen molar-refractivity contribution in [3.63, 3.8) is 0 Å². The molecule has 0 aliphatic heterocycles. The first-order valence-corrected chi connectivity index (χ1v) is 6.78. The highest BCUT2D eigenvalue weighted by atomic mass is 35.5. The molecule has 3 N–H and O–H groups in total. The standard InChI is InChI=1S/C12H13Cl2N3O3/c13-7-4-8(14)10(15-5-7)17-9(18)6-16-12(11(19)20)2-1-3-12/h4-5,16H,1-3,6H2,(H,19,20)(H,15,17,18). The molecule has 2 rings (SSSR count). The average Bonchev–Trinajstić information content (AvgIpc) is 2.31. The molecule has 1 fully saturated rings. The summed E-state index contributed by atoms with van der Waals surface area (Å²) in [6, 6.07) is 1.46. The van der Waals surface area contributed by atoms with Gasteiger partial charge in [-0.2, -0.15) is 0 Å². The number of rotatable bonds is 5. The Labute approximate surface area is 125 Å². The second-order valence-corrected chi connectivity index (χ2v) is 5.47. The Kier molecular flexibility index (Phi) is 4.47. The first-order valence-electron chi connectivity index (χ1n) is 6.02. The zero-order valence-electron chi connectivity index (χ0n) is 10.4. The Hall–Kier alpha value is -1.37. The number of anilines is 1. The fourth-order valence-electron chi connectivity index (χ4n) is 1.93. The fourth-order valence-corrected chi connectivity index (χ4v) is 2.36. The number of nitrogens with zero attached hydrogens (tertiary/aromatic N) is 1. The van der Waals surface area contributed by atoms with Crippen LogP contribution >= 0.6 is 23.2 Å². The van der Waals surface area contributed by atoms with Gasteiger partial charge in [0.05, 0.1) is 16.6 Å². The van der Waals surface area contributed by atoms with Gasteiger partial charge in [0.25, 0.3) is 0 Å². The molecule has 1 heterocycles. The molecular weight excluding hydrogens is 305 g/mol. The van der Waals surface area contributed by atoms with Crippen LogP contribution in [-0.4, -0.2) is 34.1 Å². The van der Waals surface area contributed by atoms with Crippen molar-refractivity contribution < 1.29 is 14.7 Å². The fraction of sp³-hybridized carbons (Fsp3) is 0.417. The predicted molar refractivity (Wildman–Crippen MR) is 75.1 cm³/mol. The summed E-state index contributed by atoms with van der Waals surface area (Å²) >= 11 is 11.6. The Balaban J connectivity index is 1.91. The van der Waals surface area contributed by atoms with Crippen LogP contribution in [0.25, 0.3) is 0 Å². The third-order valence-corrected chi connectivity index (χ3v) is 3.76. The van der Waals surface area contributed by atoms with Gasteiger partial charge in [0.15, 0.2) is 5.82 Å². The van der Waals surface area contributed by atoms with Crippen molar-refractivity contribution in [3.8, 4) is 0 Å². The molecule has 8 heteroatoms. The van der Waals surface area contributed by atoms with Crippen LogP contribution in [0.1, 0.15) is 19.3 Å². The number of carbonyl (C=O) groups is 2. The highest BCUT2D eigenvalue weighted by Crippen LogP contribution is 2.31. The van der Waals surface area contributed by atoms with E-state index in [2.05, 4.69) is 15.6 Å². The van der Waals surface area contributed by atoms with Crippen LogP contribution in [0, 0.1) is 0 Å². The van der Waals surface area contributed by atoms with Crippen LogP contribution < -0.4 is 10.6 Å². The van der Waals surface area contributed by atoms with E-state index in [1.165, 1.54) is 12.3 Å². The molecule has 0 saturated heterocycles. The maximum Gasteiger partial charge on any atom is 0.323 e. The summed E-state index contributed by atoms with van der Waals surface area (Å²) in [5.41, 5.74) is -0.978. The van der Waals surface area contributed by atoms with Gasteiger partial charge in [-0.25, -0.2) is 4.98 Å². The van der Waals surface area contributed by atoms with E-state index in [-0.39, 0.29) is 17.4 Å². The Morgan fingerprint density at radius 3 is 2.60 bits per heavy atom. The van der Waals surface area contributed by atoms with Crippen molar-refractivity contribution in [1.29, 1.82) is 0 Å². The lowest BCUT2D eigenvalue weighted by atomic mass is 9.77. The molecule has 1 aromatic heterocycles. The maximum absolute atomic E-state index is 11.8. The van der Waals surface area contributed by atoms with Gasteiger partial charge in [-0.3, -0.25) is 14.9 Å². The first kappa shape index (κ1) is 15.0. The molecule has 0 unspecified atom stereocenters. The minimum atomic E-state index is -0.978. The molecular formula is C12H13Cl2N3O3. The van der Waals surface area contributed by atoms with Crippen LogP contribution in [0.4, 0.5) is 5.82 Å². The van der Waals surface area contributed by atoms with Crippen LogP contribution in [-0.2, 0) is 9.59 Å². The van der Waals surface area contributed by atoms with E-state index in [1.807, 2.05) is 0 Å². The number of carbonyl (C=O) groups excluding carboxylic acids is 1. The molecule has 0 radical (unpaired) electrons. The second-order valence-electron chi connectivity index (χ2n) is 4.63. The van der Waals surface area contributed by atoms with Crippen molar-refractivity contribution in [2.75, 3.05) is 11.9 Å². The maximum atomic E-state index is 11.8.